The predicted molar refractivity (Wildman–Crippen MR) is 123 cm³/mol. The molecule has 35 heavy (non-hydrogen) atoms. The molecule has 3 aromatic rings. The van der Waals surface area contributed by atoms with E-state index < -0.39 is 34.9 Å². The van der Waals surface area contributed by atoms with Crippen molar-refractivity contribution in [2.75, 3.05) is 13.7 Å². The van der Waals surface area contributed by atoms with E-state index in [1.54, 1.807) is 24.3 Å². The van der Waals surface area contributed by atoms with E-state index in [1.807, 2.05) is 0 Å². The molecule has 1 amide bonds. The van der Waals surface area contributed by atoms with Gasteiger partial charge in [0.05, 0.1) is 23.5 Å². The Labute approximate surface area is 202 Å². The molecule has 1 N–H and O–H groups in total. The number of oxime groups is 2. The van der Waals surface area contributed by atoms with Gasteiger partial charge in [-0.2, -0.15) is 13.2 Å². The second-order valence-corrected chi connectivity index (χ2v) is 8.05. The summed E-state index contributed by atoms with van der Waals surface area (Å²) in [5.41, 5.74) is -2.48. The summed E-state index contributed by atoms with van der Waals surface area (Å²) in [6.07, 6.45) is -4.17. The third-order valence-electron chi connectivity index (χ3n) is 5.59. The lowest BCUT2D eigenvalue weighted by molar-refractivity contribution is -0.275. The number of carbonyl (C=O) groups excluding carboxylic acids is 1. The first-order valence-electron chi connectivity index (χ1n) is 10.3. The van der Waals surface area contributed by atoms with E-state index in [9.17, 15) is 22.4 Å². The van der Waals surface area contributed by atoms with E-state index in [2.05, 4.69) is 20.5 Å². The molecule has 11 heteroatoms. The number of benzene rings is 3. The number of nitrogens with zero attached hydrogens (tertiary/aromatic N) is 2. The van der Waals surface area contributed by atoms with Crippen LogP contribution in [0, 0.1) is 5.82 Å². The summed E-state index contributed by atoms with van der Waals surface area (Å²) < 4.78 is 56.4. The van der Waals surface area contributed by atoms with E-state index in [0.717, 1.165) is 18.2 Å². The highest BCUT2D eigenvalue weighted by molar-refractivity contribution is 6.30. The van der Waals surface area contributed by atoms with Crippen LogP contribution in [0.5, 0.6) is 0 Å². The molecule has 1 unspecified atom stereocenters. The average molecular weight is 508 g/mol. The molecule has 1 atom stereocenters. The number of alkyl halides is 3. The third kappa shape index (κ3) is 4.53. The zero-order valence-electron chi connectivity index (χ0n) is 18.2. The van der Waals surface area contributed by atoms with Crippen LogP contribution in [-0.2, 0) is 15.3 Å². The first kappa shape index (κ1) is 24.5. The Bertz CT molecular complexity index is 1340. The van der Waals surface area contributed by atoms with Crippen LogP contribution in [0.1, 0.15) is 27.9 Å². The normalized spacial score (nSPS) is 17.9. The van der Waals surface area contributed by atoms with Crippen LogP contribution in [0.2, 0.25) is 5.02 Å². The van der Waals surface area contributed by atoms with Crippen molar-refractivity contribution in [3.8, 4) is 0 Å². The maximum Gasteiger partial charge on any atom is 0.435 e. The van der Waals surface area contributed by atoms with Gasteiger partial charge < -0.3 is 15.0 Å². The van der Waals surface area contributed by atoms with Crippen LogP contribution < -0.4 is 5.32 Å². The summed E-state index contributed by atoms with van der Waals surface area (Å²) in [6, 6.07) is 12.5. The molecule has 4 rings (SSSR count). The topological polar surface area (TPSA) is 72.3 Å². The van der Waals surface area contributed by atoms with Gasteiger partial charge in [0.25, 0.3) is 11.5 Å². The molecular formula is C24H18ClF4N3O3. The molecular weight excluding hydrogens is 490 g/mol. The van der Waals surface area contributed by atoms with Crippen molar-refractivity contribution >= 4 is 40.2 Å². The van der Waals surface area contributed by atoms with Gasteiger partial charge >= 0.3 is 6.18 Å². The highest BCUT2D eigenvalue weighted by Crippen LogP contribution is 2.49. The fourth-order valence-electron chi connectivity index (χ4n) is 3.89. The quantitative estimate of drug-likeness (QED) is 0.269. The molecule has 0 saturated heterocycles. The Kier molecular flexibility index (Phi) is 6.66. The number of amides is 1. The van der Waals surface area contributed by atoms with Crippen molar-refractivity contribution in [3.05, 3.63) is 82.1 Å². The maximum absolute atomic E-state index is 14.3. The minimum atomic E-state index is -4.88. The first-order valence-corrected chi connectivity index (χ1v) is 10.7. The number of nitrogens with one attached hydrogen (secondary N) is 1. The molecule has 0 aromatic heterocycles. The molecule has 6 nitrogen and oxygen atoms in total. The Morgan fingerprint density at radius 2 is 1.97 bits per heavy atom. The van der Waals surface area contributed by atoms with Crippen molar-refractivity contribution in [2.45, 2.75) is 18.2 Å². The second kappa shape index (κ2) is 9.53. The van der Waals surface area contributed by atoms with Gasteiger partial charge in [-0.05, 0) is 29.0 Å². The predicted octanol–water partition coefficient (Wildman–Crippen LogP) is 5.58. The van der Waals surface area contributed by atoms with Crippen molar-refractivity contribution in [3.63, 3.8) is 0 Å². The molecule has 182 valence electrons. The van der Waals surface area contributed by atoms with E-state index in [4.69, 9.17) is 16.4 Å². The Morgan fingerprint density at radius 3 is 2.66 bits per heavy atom. The molecule has 0 radical (unpaired) electrons. The first-order chi connectivity index (χ1) is 16.7. The van der Waals surface area contributed by atoms with Gasteiger partial charge in [-0.15, -0.1) is 0 Å². The Hall–Kier alpha value is -3.66. The Balaban J connectivity index is 1.72. The molecule has 3 aromatic carbocycles. The number of fused-ring (bicyclic) bond motifs is 1. The smallest absolute Gasteiger partial charge is 0.399 e. The maximum atomic E-state index is 14.3. The van der Waals surface area contributed by atoms with E-state index in [-0.39, 0.29) is 17.8 Å². The van der Waals surface area contributed by atoms with Gasteiger partial charge in [-0.1, -0.05) is 58.3 Å². The fraction of sp³-hybridized carbons (Fsp3) is 0.208. The fourth-order valence-corrected chi connectivity index (χ4v) is 4.07. The summed E-state index contributed by atoms with van der Waals surface area (Å²) >= 11 is 5.75. The summed E-state index contributed by atoms with van der Waals surface area (Å²) in [4.78, 5) is 22.2. The molecule has 1 aliphatic heterocycles. The number of rotatable bonds is 6. The largest absolute Gasteiger partial charge is 0.435 e. The highest BCUT2D eigenvalue weighted by atomic mass is 35.5. The third-order valence-corrected chi connectivity index (χ3v) is 5.87. The number of hydrogen-bond acceptors (Lipinski definition) is 5. The van der Waals surface area contributed by atoms with Crippen molar-refractivity contribution < 1.29 is 32.0 Å². The van der Waals surface area contributed by atoms with Crippen molar-refractivity contribution in [2.24, 2.45) is 10.3 Å². The molecule has 1 aliphatic rings. The van der Waals surface area contributed by atoms with Gasteiger partial charge in [0.2, 0.25) is 0 Å². The average Bonchev–Trinajstić information content (AvgIpc) is 3.29. The molecule has 0 aliphatic carbocycles. The van der Waals surface area contributed by atoms with Gasteiger partial charge in [0.15, 0.2) is 0 Å². The van der Waals surface area contributed by atoms with Gasteiger partial charge in [-0.3, -0.25) is 4.79 Å². The highest BCUT2D eigenvalue weighted by Gasteiger charge is 2.62. The lowest BCUT2D eigenvalue weighted by atomic mass is 9.85. The standard InChI is InChI=1S/C24H18ClF4N3O3/c1-34-31-11-10-30-22(33)18-8-7-17(15-4-2-3-5-16(15)18)21-13-23(35-32-21,24(27,28)29)14-6-9-20(26)19(25)12-14/h2-9,11-12H,10,13H2,1H3,(H,30,33). The minimum Gasteiger partial charge on any atom is -0.399 e. The number of halogens is 5. The van der Waals surface area contributed by atoms with Crippen LogP contribution in [0.15, 0.2) is 64.9 Å². The van der Waals surface area contributed by atoms with Gasteiger partial charge in [-0.25, -0.2) is 4.39 Å². The van der Waals surface area contributed by atoms with E-state index in [1.165, 1.54) is 25.5 Å². The van der Waals surface area contributed by atoms with Crippen molar-refractivity contribution in [1.82, 2.24) is 5.32 Å². The lowest BCUT2D eigenvalue weighted by Crippen LogP contribution is -2.42. The zero-order chi connectivity index (χ0) is 25.2. The number of hydrogen-bond donors (Lipinski definition) is 1. The van der Waals surface area contributed by atoms with E-state index in [0.29, 0.717) is 21.9 Å². The minimum absolute atomic E-state index is 0.0261. The number of carbonyl (C=O) groups is 1. The molecule has 0 saturated carbocycles. The van der Waals surface area contributed by atoms with Gasteiger partial charge in [0, 0.05) is 23.1 Å². The Morgan fingerprint density at radius 1 is 1.23 bits per heavy atom. The monoisotopic (exact) mass is 507 g/mol. The summed E-state index contributed by atoms with van der Waals surface area (Å²) in [7, 11) is 1.37. The summed E-state index contributed by atoms with van der Waals surface area (Å²) in [6.45, 7) is 0.123. The van der Waals surface area contributed by atoms with Crippen LogP contribution in [0.25, 0.3) is 10.8 Å². The molecule has 0 bridgehead atoms. The molecule has 0 spiro atoms. The van der Waals surface area contributed by atoms with Crippen LogP contribution in [0.4, 0.5) is 17.6 Å². The molecule has 0 fully saturated rings. The SMILES string of the molecule is CON=CCNC(=O)c1ccc(C2=NOC(c3ccc(F)c(Cl)c3)(C(F)(F)F)C2)c2ccccc12. The van der Waals surface area contributed by atoms with E-state index >= 15 is 0 Å². The van der Waals surface area contributed by atoms with Crippen molar-refractivity contribution in [1.29, 1.82) is 0 Å². The zero-order valence-corrected chi connectivity index (χ0v) is 19.0. The summed E-state index contributed by atoms with van der Waals surface area (Å²) in [5, 5.41) is 10.6. The van der Waals surface area contributed by atoms with Crippen LogP contribution in [-0.4, -0.2) is 37.7 Å². The second-order valence-electron chi connectivity index (χ2n) is 7.65. The van der Waals surface area contributed by atoms with Crippen LogP contribution >= 0.6 is 11.6 Å². The van der Waals surface area contributed by atoms with Crippen LogP contribution in [0.3, 0.4) is 0 Å². The summed E-state index contributed by atoms with van der Waals surface area (Å²) in [5.74, 6) is -1.24. The molecule has 1 heterocycles. The lowest BCUT2D eigenvalue weighted by Gasteiger charge is -2.29. The van der Waals surface area contributed by atoms with Gasteiger partial charge in [0.1, 0.15) is 12.9 Å².